The Hall–Kier alpha value is -2.64. The molecule has 0 atom stereocenters. The number of aromatic nitrogens is 4. The number of nitrogens with one attached hydrogen (secondary N) is 1. The topological polar surface area (TPSA) is 74.1 Å². The van der Waals surface area contributed by atoms with Gasteiger partial charge < -0.3 is 14.8 Å². The van der Waals surface area contributed by atoms with E-state index in [0.29, 0.717) is 23.2 Å². The van der Waals surface area contributed by atoms with Gasteiger partial charge in [-0.3, -0.25) is 0 Å². The molecule has 0 unspecified atom stereocenters. The molecule has 3 aromatic rings. The van der Waals surface area contributed by atoms with Gasteiger partial charge in [0.15, 0.2) is 23.9 Å². The van der Waals surface area contributed by atoms with Crippen LogP contribution in [0.15, 0.2) is 42.5 Å². The Balaban J connectivity index is 0.00000300. The molecule has 0 fully saturated rings. The van der Waals surface area contributed by atoms with E-state index in [2.05, 4.69) is 34.7 Å². The van der Waals surface area contributed by atoms with Gasteiger partial charge in [0.25, 0.3) is 0 Å². The fraction of sp³-hybridized carbons (Fsp3) is 0.381. The lowest BCUT2D eigenvalue weighted by Crippen LogP contribution is -2.18. The number of hydrogen-bond donors (Lipinski definition) is 1. The van der Waals surface area contributed by atoms with Gasteiger partial charge >= 0.3 is 0 Å². The van der Waals surface area contributed by atoms with Gasteiger partial charge in [0.1, 0.15) is 0 Å². The van der Waals surface area contributed by atoms with E-state index in [1.807, 2.05) is 49.4 Å². The minimum Gasteiger partial charge on any atom is -0.493 e. The molecule has 3 rings (SSSR count). The van der Waals surface area contributed by atoms with Gasteiger partial charge in [0.2, 0.25) is 0 Å². The fourth-order valence-corrected chi connectivity index (χ4v) is 2.77. The second kappa shape index (κ2) is 10.8. The zero-order valence-electron chi connectivity index (χ0n) is 17.3. The van der Waals surface area contributed by atoms with Crippen molar-refractivity contribution in [2.75, 3.05) is 13.7 Å². The Bertz CT molecular complexity index is 896. The highest BCUT2D eigenvalue weighted by atomic mass is 35.5. The molecule has 7 nitrogen and oxygen atoms in total. The molecule has 0 saturated heterocycles. The summed E-state index contributed by atoms with van der Waals surface area (Å²) in [5, 5.41) is 15.4. The quantitative estimate of drug-likeness (QED) is 0.571. The molecule has 1 heterocycles. The van der Waals surface area contributed by atoms with Crippen molar-refractivity contribution in [3.8, 4) is 17.2 Å². The normalized spacial score (nSPS) is 10.7. The average molecular weight is 418 g/mol. The zero-order valence-corrected chi connectivity index (χ0v) is 18.1. The van der Waals surface area contributed by atoms with Crippen molar-refractivity contribution < 1.29 is 9.47 Å². The zero-order chi connectivity index (χ0) is 19.9. The molecular weight excluding hydrogens is 390 g/mol. The standard InChI is InChI=1S/C21H27N5O2.ClH/c1-15(2)12-22-13-17-7-10-19(20(11-17)27-4)28-14-21-23-24-25-26(21)18-8-5-16(3)6-9-18;/h5-11,15,22H,12-14H2,1-4H3;1H. The summed E-state index contributed by atoms with van der Waals surface area (Å²) in [6.07, 6.45) is 0. The summed E-state index contributed by atoms with van der Waals surface area (Å²) in [4.78, 5) is 0. The largest absolute Gasteiger partial charge is 0.493 e. The van der Waals surface area contributed by atoms with E-state index in [1.54, 1.807) is 11.8 Å². The lowest BCUT2D eigenvalue weighted by Gasteiger charge is -2.13. The van der Waals surface area contributed by atoms with Crippen molar-refractivity contribution in [3.63, 3.8) is 0 Å². The number of ether oxygens (including phenoxy) is 2. The van der Waals surface area contributed by atoms with Gasteiger partial charge in [-0.25, -0.2) is 0 Å². The lowest BCUT2D eigenvalue weighted by atomic mass is 10.2. The van der Waals surface area contributed by atoms with Gasteiger partial charge in [-0.2, -0.15) is 4.68 Å². The first-order valence-corrected chi connectivity index (χ1v) is 9.41. The van der Waals surface area contributed by atoms with Crippen molar-refractivity contribution >= 4 is 12.4 Å². The molecule has 0 bridgehead atoms. The molecule has 0 aliphatic carbocycles. The van der Waals surface area contributed by atoms with Crippen LogP contribution in [0, 0.1) is 12.8 Å². The van der Waals surface area contributed by atoms with Crippen LogP contribution in [0.5, 0.6) is 11.5 Å². The lowest BCUT2D eigenvalue weighted by molar-refractivity contribution is 0.273. The number of benzene rings is 2. The van der Waals surface area contributed by atoms with Crippen LogP contribution < -0.4 is 14.8 Å². The molecule has 0 radical (unpaired) electrons. The van der Waals surface area contributed by atoms with Crippen LogP contribution in [0.25, 0.3) is 5.69 Å². The number of aryl methyl sites for hydroxylation is 1. The summed E-state index contributed by atoms with van der Waals surface area (Å²) in [7, 11) is 1.64. The Morgan fingerprint density at radius 3 is 2.52 bits per heavy atom. The molecule has 8 heteroatoms. The van der Waals surface area contributed by atoms with Gasteiger partial charge in [-0.1, -0.05) is 37.6 Å². The summed E-state index contributed by atoms with van der Waals surface area (Å²) in [6, 6.07) is 14.0. The smallest absolute Gasteiger partial charge is 0.194 e. The van der Waals surface area contributed by atoms with Crippen LogP contribution in [-0.2, 0) is 13.2 Å². The number of methoxy groups -OCH3 is 1. The van der Waals surface area contributed by atoms with E-state index >= 15 is 0 Å². The van der Waals surface area contributed by atoms with Crippen LogP contribution in [0.3, 0.4) is 0 Å². The Morgan fingerprint density at radius 2 is 1.83 bits per heavy atom. The van der Waals surface area contributed by atoms with Crippen LogP contribution in [-0.4, -0.2) is 33.9 Å². The highest BCUT2D eigenvalue weighted by Crippen LogP contribution is 2.28. The molecule has 0 aliphatic heterocycles. The molecule has 0 aliphatic rings. The van der Waals surface area contributed by atoms with Crippen LogP contribution in [0.4, 0.5) is 0 Å². The van der Waals surface area contributed by atoms with Crippen molar-refractivity contribution in [3.05, 3.63) is 59.4 Å². The summed E-state index contributed by atoms with van der Waals surface area (Å²) in [5.74, 6) is 2.59. The molecule has 2 aromatic carbocycles. The van der Waals surface area contributed by atoms with Gasteiger partial charge in [0.05, 0.1) is 12.8 Å². The van der Waals surface area contributed by atoms with E-state index in [4.69, 9.17) is 9.47 Å². The molecule has 0 saturated carbocycles. The Kier molecular flexibility index (Phi) is 8.42. The average Bonchev–Trinajstić information content (AvgIpc) is 3.15. The third kappa shape index (κ3) is 6.17. The van der Waals surface area contributed by atoms with E-state index in [-0.39, 0.29) is 19.0 Å². The molecule has 29 heavy (non-hydrogen) atoms. The molecular formula is C21H28ClN5O2. The first-order valence-electron chi connectivity index (χ1n) is 9.41. The number of rotatable bonds is 9. The second-order valence-corrected chi connectivity index (χ2v) is 7.14. The van der Waals surface area contributed by atoms with Crippen molar-refractivity contribution in [1.82, 2.24) is 25.5 Å². The Labute approximate surface area is 177 Å². The summed E-state index contributed by atoms with van der Waals surface area (Å²) in [6.45, 7) is 8.43. The molecule has 1 N–H and O–H groups in total. The minimum atomic E-state index is 0. The van der Waals surface area contributed by atoms with E-state index < -0.39 is 0 Å². The van der Waals surface area contributed by atoms with Crippen LogP contribution in [0.1, 0.15) is 30.8 Å². The highest BCUT2D eigenvalue weighted by Gasteiger charge is 2.12. The monoisotopic (exact) mass is 417 g/mol. The van der Waals surface area contributed by atoms with E-state index in [9.17, 15) is 0 Å². The minimum absolute atomic E-state index is 0. The first-order chi connectivity index (χ1) is 13.6. The Morgan fingerprint density at radius 1 is 1.07 bits per heavy atom. The van der Waals surface area contributed by atoms with E-state index in [0.717, 1.165) is 24.3 Å². The maximum absolute atomic E-state index is 5.95. The molecule has 1 aromatic heterocycles. The van der Waals surface area contributed by atoms with Crippen molar-refractivity contribution in [1.29, 1.82) is 0 Å². The van der Waals surface area contributed by atoms with Crippen molar-refractivity contribution in [2.45, 2.75) is 33.9 Å². The number of hydrogen-bond acceptors (Lipinski definition) is 6. The first kappa shape index (κ1) is 22.6. The molecule has 0 spiro atoms. The van der Waals surface area contributed by atoms with Gasteiger partial charge in [0, 0.05) is 6.54 Å². The van der Waals surface area contributed by atoms with Crippen LogP contribution >= 0.6 is 12.4 Å². The maximum atomic E-state index is 5.95. The third-order valence-electron chi connectivity index (χ3n) is 4.28. The highest BCUT2D eigenvalue weighted by molar-refractivity contribution is 5.85. The number of nitrogens with zero attached hydrogens (tertiary/aromatic N) is 4. The maximum Gasteiger partial charge on any atom is 0.194 e. The summed E-state index contributed by atoms with van der Waals surface area (Å²) >= 11 is 0. The summed E-state index contributed by atoms with van der Waals surface area (Å²) in [5.41, 5.74) is 3.23. The number of halogens is 1. The second-order valence-electron chi connectivity index (χ2n) is 7.14. The van der Waals surface area contributed by atoms with Crippen molar-refractivity contribution in [2.24, 2.45) is 5.92 Å². The van der Waals surface area contributed by atoms with E-state index in [1.165, 1.54) is 5.56 Å². The molecule has 0 amide bonds. The molecule has 156 valence electrons. The fourth-order valence-electron chi connectivity index (χ4n) is 2.77. The van der Waals surface area contributed by atoms with Crippen LogP contribution in [0.2, 0.25) is 0 Å². The SMILES string of the molecule is COc1cc(CNCC(C)C)ccc1OCc1nnnn1-c1ccc(C)cc1.Cl. The van der Waals surface area contributed by atoms with Gasteiger partial charge in [-0.05, 0) is 59.6 Å². The predicted octanol–water partition coefficient (Wildman–Crippen LogP) is 3.73. The summed E-state index contributed by atoms with van der Waals surface area (Å²) < 4.78 is 13.1. The number of tetrazole rings is 1. The predicted molar refractivity (Wildman–Crippen MR) is 115 cm³/mol. The van der Waals surface area contributed by atoms with Gasteiger partial charge in [-0.15, -0.1) is 17.5 Å². The third-order valence-corrected chi connectivity index (χ3v) is 4.28.